The van der Waals surface area contributed by atoms with Gasteiger partial charge in [-0.15, -0.1) is 0 Å². The van der Waals surface area contributed by atoms with E-state index in [4.69, 9.17) is 4.74 Å². The maximum Gasteiger partial charge on any atom is 0.328 e. The summed E-state index contributed by atoms with van der Waals surface area (Å²) in [6, 6.07) is 15.9. The van der Waals surface area contributed by atoms with Gasteiger partial charge < -0.3 is 4.74 Å². The first-order valence-electron chi connectivity index (χ1n) is 10.1. The van der Waals surface area contributed by atoms with Crippen molar-refractivity contribution >= 4 is 26.7 Å². The van der Waals surface area contributed by atoms with Crippen LogP contribution in [-0.4, -0.2) is 17.6 Å². The van der Waals surface area contributed by atoms with E-state index in [0.717, 1.165) is 11.1 Å². The number of hydrogen-bond donors (Lipinski definition) is 1. The number of fused-ring (bicyclic) bond motifs is 1. The number of anilines is 1. The van der Waals surface area contributed by atoms with E-state index in [1.54, 1.807) is 51.4 Å². The molecule has 3 aromatic carbocycles. The van der Waals surface area contributed by atoms with Crippen LogP contribution in [0.5, 0.6) is 11.5 Å². The van der Waals surface area contributed by atoms with Crippen LogP contribution in [0.2, 0.25) is 0 Å². The lowest BCUT2D eigenvalue weighted by molar-refractivity contribution is 0.485. The number of nitrogens with one attached hydrogen (secondary N) is 1. The number of nitrogens with zero attached hydrogens (tertiary/aromatic N) is 2. The van der Waals surface area contributed by atoms with Gasteiger partial charge in [-0.3, -0.25) is 13.9 Å². The molecule has 4 rings (SSSR count). The molecule has 166 valence electrons. The first-order chi connectivity index (χ1) is 15.1. The van der Waals surface area contributed by atoms with Gasteiger partial charge in [0, 0.05) is 20.2 Å². The minimum atomic E-state index is -3.91. The summed E-state index contributed by atoms with van der Waals surface area (Å²) >= 11 is 0. The van der Waals surface area contributed by atoms with Gasteiger partial charge in [-0.25, -0.2) is 13.2 Å². The third-order valence-electron chi connectivity index (χ3n) is 5.67. The molecule has 4 aromatic rings. The Labute approximate surface area is 186 Å². The number of para-hydroxylation sites is 1. The molecule has 0 fully saturated rings. The third-order valence-corrected chi connectivity index (χ3v) is 7.18. The van der Waals surface area contributed by atoms with E-state index in [1.807, 2.05) is 38.1 Å². The zero-order chi connectivity index (χ0) is 23.2. The summed E-state index contributed by atoms with van der Waals surface area (Å²) in [4.78, 5) is 12.6. The molecule has 0 saturated heterocycles. The maximum atomic E-state index is 13.3. The lowest BCUT2D eigenvalue weighted by atomic mass is 10.1. The Hall–Kier alpha value is -3.52. The molecule has 1 heterocycles. The number of benzene rings is 3. The molecule has 0 atom stereocenters. The van der Waals surface area contributed by atoms with Crippen molar-refractivity contribution in [3.63, 3.8) is 0 Å². The minimum Gasteiger partial charge on any atom is -0.455 e. The smallest absolute Gasteiger partial charge is 0.328 e. The van der Waals surface area contributed by atoms with Crippen LogP contribution in [0.3, 0.4) is 0 Å². The van der Waals surface area contributed by atoms with Crippen molar-refractivity contribution in [3.8, 4) is 11.5 Å². The van der Waals surface area contributed by atoms with Crippen molar-refractivity contribution in [1.29, 1.82) is 0 Å². The number of aryl methyl sites for hydroxylation is 5. The summed E-state index contributed by atoms with van der Waals surface area (Å²) in [6.45, 7) is 5.60. The van der Waals surface area contributed by atoms with Crippen molar-refractivity contribution in [3.05, 3.63) is 81.8 Å². The maximum absolute atomic E-state index is 13.3. The first-order valence-corrected chi connectivity index (χ1v) is 11.6. The Morgan fingerprint density at radius 3 is 2.06 bits per heavy atom. The van der Waals surface area contributed by atoms with Crippen LogP contribution < -0.4 is 15.1 Å². The van der Waals surface area contributed by atoms with Crippen LogP contribution in [0.4, 0.5) is 5.69 Å². The molecule has 7 nitrogen and oxygen atoms in total. The summed E-state index contributed by atoms with van der Waals surface area (Å²) in [7, 11) is -0.594. The summed E-state index contributed by atoms with van der Waals surface area (Å²) in [5, 5.41) is 0. The van der Waals surface area contributed by atoms with Gasteiger partial charge in [0.15, 0.2) is 5.75 Å². The summed E-state index contributed by atoms with van der Waals surface area (Å²) in [6.07, 6.45) is 0. The van der Waals surface area contributed by atoms with Crippen LogP contribution in [0, 0.1) is 20.8 Å². The molecule has 1 N–H and O–H groups in total. The third kappa shape index (κ3) is 3.78. The highest BCUT2D eigenvalue weighted by atomic mass is 32.2. The molecule has 0 radical (unpaired) electrons. The predicted molar refractivity (Wildman–Crippen MR) is 126 cm³/mol. The van der Waals surface area contributed by atoms with E-state index in [0.29, 0.717) is 28.1 Å². The number of hydrogen-bond acceptors (Lipinski definition) is 4. The first kappa shape index (κ1) is 21.7. The number of ether oxygens (including phenoxy) is 1. The summed E-state index contributed by atoms with van der Waals surface area (Å²) in [5.41, 5.74) is 3.82. The molecular formula is C24H25N3O4S. The Morgan fingerprint density at radius 1 is 0.812 bits per heavy atom. The van der Waals surface area contributed by atoms with Crippen LogP contribution in [0.15, 0.2) is 64.3 Å². The van der Waals surface area contributed by atoms with E-state index in [1.165, 1.54) is 9.13 Å². The Balaban J connectivity index is 1.88. The molecule has 0 aliphatic rings. The van der Waals surface area contributed by atoms with E-state index in [9.17, 15) is 13.2 Å². The molecular weight excluding hydrogens is 426 g/mol. The number of sulfonamides is 1. The number of aromatic nitrogens is 2. The van der Waals surface area contributed by atoms with Crippen molar-refractivity contribution in [2.24, 2.45) is 14.1 Å². The van der Waals surface area contributed by atoms with E-state index in [2.05, 4.69) is 4.72 Å². The van der Waals surface area contributed by atoms with Crippen LogP contribution >= 0.6 is 0 Å². The predicted octanol–water partition coefficient (Wildman–Crippen LogP) is 4.40. The van der Waals surface area contributed by atoms with Crippen LogP contribution in [-0.2, 0) is 24.1 Å². The van der Waals surface area contributed by atoms with Gasteiger partial charge >= 0.3 is 5.69 Å². The fourth-order valence-electron chi connectivity index (χ4n) is 3.73. The Morgan fingerprint density at radius 2 is 1.41 bits per heavy atom. The van der Waals surface area contributed by atoms with Crippen LogP contribution in [0.1, 0.15) is 16.7 Å². The quantitative estimate of drug-likeness (QED) is 0.488. The Kier molecular flexibility index (Phi) is 5.34. The lowest BCUT2D eigenvalue weighted by Gasteiger charge is -2.16. The molecule has 0 bridgehead atoms. The lowest BCUT2D eigenvalue weighted by Crippen LogP contribution is -2.19. The molecule has 0 amide bonds. The second-order valence-corrected chi connectivity index (χ2v) is 9.61. The highest BCUT2D eigenvalue weighted by molar-refractivity contribution is 7.92. The fraction of sp³-hybridized carbons (Fsp3) is 0.208. The van der Waals surface area contributed by atoms with Crippen molar-refractivity contribution in [2.75, 3.05) is 4.72 Å². The molecule has 1 aromatic heterocycles. The van der Waals surface area contributed by atoms with E-state index >= 15 is 0 Å². The zero-order valence-electron chi connectivity index (χ0n) is 18.6. The molecule has 0 aliphatic carbocycles. The second-order valence-electron chi connectivity index (χ2n) is 7.96. The molecule has 0 spiro atoms. The minimum absolute atomic E-state index is 0.202. The van der Waals surface area contributed by atoms with Gasteiger partial charge in [-0.05, 0) is 61.7 Å². The molecule has 0 unspecified atom stereocenters. The van der Waals surface area contributed by atoms with E-state index < -0.39 is 10.0 Å². The zero-order valence-corrected chi connectivity index (χ0v) is 19.4. The highest BCUT2D eigenvalue weighted by Gasteiger charge is 2.22. The largest absolute Gasteiger partial charge is 0.455 e. The summed E-state index contributed by atoms with van der Waals surface area (Å²) < 4.78 is 38.4. The normalized spacial score (nSPS) is 11.7. The summed E-state index contributed by atoms with van der Waals surface area (Å²) in [5.74, 6) is 0.852. The average molecular weight is 452 g/mol. The highest BCUT2D eigenvalue weighted by Crippen LogP contribution is 2.35. The standard InChI is InChI=1S/C24H25N3O4S/c1-15-11-17(3)23(12-16(15)2)32(29,30)25-19-13-20-21(27(5)24(28)26(20)4)14-22(19)31-18-9-7-6-8-10-18/h6-14,25H,1-5H3. The molecule has 0 saturated carbocycles. The number of rotatable bonds is 5. The van der Waals surface area contributed by atoms with Crippen molar-refractivity contribution in [1.82, 2.24) is 9.13 Å². The van der Waals surface area contributed by atoms with Crippen molar-refractivity contribution in [2.45, 2.75) is 25.7 Å². The molecule has 8 heteroatoms. The Bertz CT molecular complexity index is 1500. The van der Waals surface area contributed by atoms with Gasteiger partial charge in [-0.1, -0.05) is 24.3 Å². The van der Waals surface area contributed by atoms with Gasteiger partial charge in [0.25, 0.3) is 10.0 Å². The van der Waals surface area contributed by atoms with Crippen LogP contribution in [0.25, 0.3) is 11.0 Å². The van der Waals surface area contributed by atoms with Gasteiger partial charge in [-0.2, -0.15) is 0 Å². The average Bonchev–Trinajstić information content (AvgIpc) is 2.95. The van der Waals surface area contributed by atoms with Gasteiger partial charge in [0.1, 0.15) is 5.75 Å². The fourth-order valence-corrected chi connectivity index (χ4v) is 5.10. The number of imidazole rings is 1. The molecule has 32 heavy (non-hydrogen) atoms. The monoisotopic (exact) mass is 451 g/mol. The van der Waals surface area contributed by atoms with E-state index in [-0.39, 0.29) is 16.3 Å². The topological polar surface area (TPSA) is 82.3 Å². The second kappa shape index (κ2) is 7.87. The van der Waals surface area contributed by atoms with Gasteiger partial charge in [0.05, 0.1) is 21.6 Å². The SMILES string of the molecule is Cc1cc(C)c(S(=O)(=O)Nc2cc3c(cc2Oc2ccccc2)n(C)c(=O)n3C)cc1C. The van der Waals surface area contributed by atoms with Gasteiger partial charge in [0.2, 0.25) is 0 Å². The van der Waals surface area contributed by atoms with Crippen molar-refractivity contribution < 1.29 is 13.2 Å². The molecule has 0 aliphatic heterocycles.